The van der Waals surface area contributed by atoms with Crippen molar-refractivity contribution in [3.8, 4) is 0 Å². The number of carboxylic acid groups (broad SMARTS) is 1. The molecule has 1 aromatic heterocycles. The molecule has 0 aliphatic carbocycles. The molecule has 0 fully saturated rings. The van der Waals surface area contributed by atoms with E-state index in [0.717, 1.165) is 11.1 Å². The Kier molecular flexibility index (Phi) is 5.29. The lowest BCUT2D eigenvalue weighted by atomic mass is 10.1. The molecule has 0 spiro atoms. The molecule has 0 saturated carbocycles. The van der Waals surface area contributed by atoms with Crippen molar-refractivity contribution < 1.29 is 15.0 Å². The van der Waals surface area contributed by atoms with Gasteiger partial charge in [0.2, 0.25) is 0 Å². The second kappa shape index (κ2) is 7.40. The normalized spacial score (nSPS) is 10.3. The Morgan fingerprint density at radius 3 is 2.48 bits per heavy atom. The lowest BCUT2D eigenvalue weighted by molar-refractivity contribution is 0.143. The first-order chi connectivity index (χ1) is 10.2. The van der Waals surface area contributed by atoms with Gasteiger partial charge in [-0.1, -0.05) is 30.3 Å². The van der Waals surface area contributed by atoms with Crippen LogP contribution in [0.5, 0.6) is 0 Å². The van der Waals surface area contributed by atoms with E-state index in [1.807, 2.05) is 30.3 Å². The first kappa shape index (κ1) is 15.0. The summed E-state index contributed by atoms with van der Waals surface area (Å²) in [5.74, 6) is 0. The van der Waals surface area contributed by atoms with Crippen LogP contribution in [0.1, 0.15) is 16.7 Å². The SMILES string of the molecule is O=C(O)N(CCc1ccccc1)Cc1cncc(CO)c1. The van der Waals surface area contributed by atoms with Crippen molar-refractivity contribution in [2.24, 2.45) is 0 Å². The maximum absolute atomic E-state index is 11.3. The number of aliphatic hydroxyl groups excluding tert-OH is 1. The van der Waals surface area contributed by atoms with E-state index in [1.54, 1.807) is 18.5 Å². The fraction of sp³-hybridized carbons (Fsp3) is 0.250. The van der Waals surface area contributed by atoms with Crippen LogP contribution >= 0.6 is 0 Å². The van der Waals surface area contributed by atoms with Crippen LogP contribution in [-0.2, 0) is 19.6 Å². The zero-order chi connectivity index (χ0) is 15.1. The Balaban J connectivity index is 2.00. The number of pyridine rings is 1. The van der Waals surface area contributed by atoms with Gasteiger partial charge in [-0.3, -0.25) is 4.98 Å². The number of benzene rings is 1. The fourth-order valence-electron chi connectivity index (χ4n) is 2.09. The molecule has 0 bridgehead atoms. The molecule has 1 amide bonds. The van der Waals surface area contributed by atoms with Crippen LogP contribution in [0.2, 0.25) is 0 Å². The van der Waals surface area contributed by atoms with E-state index in [-0.39, 0.29) is 13.2 Å². The van der Waals surface area contributed by atoms with Crippen LogP contribution in [0, 0.1) is 0 Å². The molecule has 110 valence electrons. The second-order valence-electron chi connectivity index (χ2n) is 4.80. The monoisotopic (exact) mass is 286 g/mol. The van der Waals surface area contributed by atoms with Gasteiger partial charge in [-0.2, -0.15) is 0 Å². The lowest BCUT2D eigenvalue weighted by Gasteiger charge is -2.19. The van der Waals surface area contributed by atoms with Crippen molar-refractivity contribution in [3.05, 3.63) is 65.5 Å². The third-order valence-electron chi connectivity index (χ3n) is 3.19. The smallest absolute Gasteiger partial charge is 0.407 e. The molecular formula is C16H18N2O3. The fourth-order valence-corrected chi connectivity index (χ4v) is 2.09. The van der Waals surface area contributed by atoms with Crippen LogP contribution in [0.3, 0.4) is 0 Å². The minimum absolute atomic E-state index is 0.0993. The number of aliphatic hydroxyl groups is 1. The number of hydrogen-bond acceptors (Lipinski definition) is 3. The Morgan fingerprint density at radius 2 is 1.81 bits per heavy atom. The highest BCUT2D eigenvalue weighted by Gasteiger charge is 2.12. The summed E-state index contributed by atoms with van der Waals surface area (Å²) in [4.78, 5) is 16.7. The number of aromatic nitrogens is 1. The molecule has 5 nitrogen and oxygen atoms in total. The Labute approximate surface area is 123 Å². The Morgan fingerprint density at radius 1 is 1.10 bits per heavy atom. The van der Waals surface area contributed by atoms with Gasteiger partial charge in [0.15, 0.2) is 0 Å². The summed E-state index contributed by atoms with van der Waals surface area (Å²) in [7, 11) is 0. The minimum Gasteiger partial charge on any atom is -0.465 e. The van der Waals surface area contributed by atoms with Gasteiger partial charge >= 0.3 is 6.09 Å². The molecule has 5 heteroatoms. The molecule has 0 radical (unpaired) electrons. The first-order valence-corrected chi connectivity index (χ1v) is 6.74. The van der Waals surface area contributed by atoms with E-state index >= 15 is 0 Å². The van der Waals surface area contributed by atoms with Gasteiger partial charge in [0.1, 0.15) is 0 Å². The number of rotatable bonds is 6. The molecular weight excluding hydrogens is 268 g/mol. The number of nitrogens with zero attached hydrogens (tertiary/aromatic N) is 2. The van der Waals surface area contributed by atoms with Crippen LogP contribution in [0.25, 0.3) is 0 Å². The molecule has 0 aliphatic heterocycles. The predicted molar refractivity (Wildman–Crippen MR) is 78.7 cm³/mol. The van der Waals surface area contributed by atoms with Crippen molar-refractivity contribution in [2.75, 3.05) is 6.54 Å². The molecule has 0 atom stereocenters. The highest BCUT2D eigenvalue weighted by atomic mass is 16.4. The molecule has 0 saturated heterocycles. The largest absolute Gasteiger partial charge is 0.465 e. The molecule has 2 rings (SSSR count). The number of amides is 1. The maximum Gasteiger partial charge on any atom is 0.407 e. The third kappa shape index (κ3) is 4.57. The Hall–Kier alpha value is -2.40. The van der Waals surface area contributed by atoms with E-state index in [9.17, 15) is 9.90 Å². The summed E-state index contributed by atoms with van der Waals surface area (Å²) in [6.07, 6.45) is 2.90. The van der Waals surface area contributed by atoms with Crippen LogP contribution in [0.15, 0.2) is 48.8 Å². The molecule has 21 heavy (non-hydrogen) atoms. The number of hydrogen-bond donors (Lipinski definition) is 2. The summed E-state index contributed by atoms with van der Waals surface area (Å²) < 4.78 is 0. The summed E-state index contributed by atoms with van der Waals surface area (Å²) in [6, 6.07) is 11.5. The van der Waals surface area contributed by atoms with Crippen molar-refractivity contribution in [1.29, 1.82) is 0 Å². The molecule has 0 aliphatic rings. The van der Waals surface area contributed by atoms with Crippen molar-refractivity contribution in [2.45, 2.75) is 19.6 Å². The van der Waals surface area contributed by atoms with E-state index in [4.69, 9.17) is 5.11 Å². The van der Waals surface area contributed by atoms with Gasteiger partial charge in [-0.05, 0) is 29.2 Å². The summed E-state index contributed by atoms with van der Waals surface area (Å²) in [5.41, 5.74) is 2.56. The minimum atomic E-state index is -0.958. The molecule has 1 aromatic carbocycles. The van der Waals surface area contributed by atoms with E-state index in [2.05, 4.69) is 4.98 Å². The van der Waals surface area contributed by atoms with E-state index < -0.39 is 6.09 Å². The quantitative estimate of drug-likeness (QED) is 0.854. The Bertz CT molecular complexity index is 587. The third-order valence-corrected chi connectivity index (χ3v) is 3.19. The molecule has 1 heterocycles. The first-order valence-electron chi connectivity index (χ1n) is 6.74. The van der Waals surface area contributed by atoms with E-state index in [1.165, 1.54) is 4.90 Å². The van der Waals surface area contributed by atoms with Gasteiger partial charge in [0, 0.05) is 18.9 Å². The number of carbonyl (C=O) groups is 1. The zero-order valence-corrected chi connectivity index (χ0v) is 11.6. The molecule has 2 aromatic rings. The van der Waals surface area contributed by atoms with Crippen molar-refractivity contribution in [1.82, 2.24) is 9.88 Å². The van der Waals surface area contributed by atoms with Gasteiger partial charge < -0.3 is 15.1 Å². The predicted octanol–water partition coefficient (Wildman–Crippen LogP) is 2.30. The molecule has 0 unspecified atom stereocenters. The van der Waals surface area contributed by atoms with Crippen molar-refractivity contribution >= 4 is 6.09 Å². The summed E-state index contributed by atoms with van der Waals surface area (Å²) >= 11 is 0. The van der Waals surface area contributed by atoms with Gasteiger partial charge in [-0.25, -0.2) is 4.79 Å². The maximum atomic E-state index is 11.3. The van der Waals surface area contributed by atoms with Gasteiger partial charge in [0.05, 0.1) is 13.2 Å². The summed E-state index contributed by atoms with van der Waals surface area (Å²) in [5, 5.41) is 18.4. The van der Waals surface area contributed by atoms with Crippen LogP contribution in [-0.4, -0.2) is 32.7 Å². The van der Waals surface area contributed by atoms with E-state index in [0.29, 0.717) is 18.5 Å². The second-order valence-corrected chi connectivity index (χ2v) is 4.80. The molecule has 2 N–H and O–H groups in total. The zero-order valence-electron chi connectivity index (χ0n) is 11.6. The average Bonchev–Trinajstić information content (AvgIpc) is 2.52. The summed E-state index contributed by atoms with van der Waals surface area (Å²) in [6.45, 7) is 0.587. The highest BCUT2D eigenvalue weighted by Crippen LogP contribution is 2.09. The topological polar surface area (TPSA) is 73.7 Å². The van der Waals surface area contributed by atoms with Gasteiger partial charge in [-0.15, -0.1) is 0 Å². The lowest BCUT2D eigenvalue weighted by Crippen LogP contribution is -2.31. The van der Waals surface area contributed by atoms with Crippen molar-refractivity contribution in [3.63, 3.8) is 0 Å². The average molecular weight is 286 g/mol. The van der Waals surface area contributed by atoms with Crippen LogP contribution < -0.4 is 0 Å². The standard InChI is InChI=1S/C16H18N2O3/c19-12-15-8-14(9-17-10-15)11-18(16(20)21)7-6-13-4-2-1-3-5-13/h1-5,8-10,19H,6-7,11-12H2,(H,20,21). The van der Waals surface area contributed by atoms with Gasteiger partial charge in [0.25, 0.3) is 0 Å². The highest BCUT2D eigenvalue weighted by molar-refractivity contribution is 5.65. The van der Waals surface area contributed by atoms with Crippen LogP contribution in [0.4, 0.5) is 4.79 Å².